The number of aromatic nitrogens is 1. The van der Waals surface area contributed by atoms with E-state index in [1.54, 1.807) is 26.8 Å². The Bertz CT molecular complexity index is 1050. The quantitative estimate of drug-likeness (QED) is 0.268. The molecule has 0 bridgehead atoms. The van der Waals surface area contributed by atoms with E-state index in [-0.39, 0.29) is 25.2 Å². The first kappa shape index (κ1) is 36.7. The van der Waals surface area contributed by atoms with E-state index in [0.717, 1.165) is 0 Å². The molecule has 2 atom stereocenters. The van der Waals surface area contributed by atoms with E-state index >= 15 is 0 Å². The number of carbonyl (C=O) groups excluding carboxylic acids is 2. The lowest BCUT2D eigenvalue weighted by Gasteiger charge is -2.33. The number of alkyl halides is 8. The zero-order chi connectivity index (χ0) is 32.5. The van der Waals surface area contributed by atoms with Crippen LogP contribution >= 0.6 is 0 Å². The van der Waals surface area contributed by atoms with Crippen molar-refractivity contribution in [2.24, 2.45) is 11.7 Å². The van der Waals surface area contributed by atoms with Gasteiger partial charge in [-0.05, 0) is 57.2 Å². The predicted octanol–water partition coefficient (Wildman–Crippen LogP) is 4.35. The second-order valence-electron chi connectivity index (χ2n) is 10.4. The summed E-state index contributed by atoms with van der Waals surface area (Å²) in [4.78, 5) is 38.3. The largest absolute Gasteiger partial charge is 0.490 e. The molecule has 0 aliphatic heterocycles. The molecular formula is C24H33F8N5O5. The Morgan fingerprint density at radius 2 is 1.67 bits per heavy atom. The molecule has 1 aliphatic carbocycles. The number of anilines is 1. The molecule has 0 radical (unpaired) electrons. The third-order valence-electron chi connectivity index (χ3n) is 5.62. The van der Waals surface area contributed by atoms with E-state index in [0.29, 0.717) is 5.56 Å². The van der Waals surface area contributed by atoms with Gasteiger partial charge in [0, 0.05) is 32.1 Å². The average Bonchev–Trinajstić information content (AvgIpc) is 2.81. The van der Waals surface area contributed by atoms with Crippen molar-refractivity contribution in [3.05, 3.63) is 23.9 Å². The van der Waals surface area contributed by atoms with Crippen molar-refractivity contribution in [1.29, 1.82) is 0 Å². The topological polar surface area (TPSA) is 156 Å². The number of halogens is 8. The zero-order valence-electron chi connectivity index (χ0n) is 22.8. The second kappa shape index (κ2) is 14.8. The van der Waals surface area contributed by atoms with E-state index in [4.69, 9.17) is 20.4 Å². The molecule has 42 heavy (non-hydrogen) atoms. The van der Waals surface area contributed by atoms with E-state index in [2.05, 4.69) is 20.9 Å². The molecule has 0 spiro atoms. The molecule has 1 fully saturated rings. The standard InChI is InChI=1S/C22H32F5N5O3.C2HF3O2/c1-20(2,3)35-19(34)32-17(14-4-7-21(23,24)8-5-14)18(33)31-16-10-13(6-9-30-16)11-29-12-15(28)22(25,26)27;3-2(4,5)1(6)7/h6,9-10,14-15,17,29H,4-5,7-8,11-12,28H2,1-3H3,(H,32,34)(H,30,31,33);(H,6,7)/t15-,17-;/m0./s1. The van der Waals surface area contributed by atoms with Crippen LogP contribution in [0.4, 0.5) is 45.7 Å². The van der Waals surface area contributed by atoms with Gasteiger partial charge in [0.2, 0.25) is 11.8 Å². The monoisotopic (exact) mass is 623 g/mol. The molecule has 10 nitrogen and oxygen atoms in total. The summed E-state index contributed by atoms with van der Waals surface area (Å²) in [5.74, 6) is -6.70. The van der Waals surface area contributed by atoms with Crippen LogP contribution in [0.1, 0.15) is 52.0 Å². The van der Waals surface area contributed by atoms with Gasteiger partial charge < -0.3 is 31.5 Å². The summed E-state index contributed by atoms with van der Waals surface area (Å²) in [6.07, 6.45) is -9.87. The van der Waals surface area contributed by atoms with Crippen molar-refractivity contribution in [3.63, 3.8) is 0 Å². The Morgan fingerprint density at radius 1 is 1.12 bits per heavy atom. The second-order valence-corrected chi connectivity index (χ2v) is 10.4. The maximum Gasteiger partial charge on any atom is 0.490 e. The number of nitrogens with zero attached hydrogens (tertiary/aromatic N) is 1. The van der Waals surface area contributed by atoms with Crippen LogP contribution in [0.2, 0.25) is 0 Å². The van der Waals surface area contributed by atoms with Crippen LogP contribution in [0.15, 0.2) is 18.3 Å². The average molecular weight is 624 g/mol. The van der Waals surface area contributed by atoms with Crippen LogP contribution in [0.25, 0.3) is 0 Å². The molecule has 1 aromatic heterocycles. The highest BCUT2D eigenvalue weighted by molar-refractivity contribution is 5.96. The number of carboxylic acid groups (broad SMARTS) is 1. The fourth-order valence-corrected chi connectivity index (χ4v) is 3.57. The fourth-order valence-electron chi connectivity index (χ4n) is 3.57. The third kappa shape index (κ3) is 14.1. The van der Waals surface area contributed by atoms with Gasteiger partial charge in [-0.15, -0.1) is 0 Å². The van der Waals surface area contributed by atoms with Crippen LogP contribution in [0, 0.1) is 5.92 Å². The number of carbonyl (C=O) groups is 3. The molecule has 18 heteroatoms. The van der Waals surface area contributed by atoms with Crippen molar-refractivity contribution in [2.75, 3.05) is 11.9 Å². The van der Waals surface area contributed by atoms with Crippen molar-refractivity contribution in [1.82, 2.24) is 15.6 Å². The molecule has 2 amide bonds. The summed E-state index contributed by atoms with van der Waals surface area (Å²) in [7, 11) is 0. The number of nitrogens with one attached hydrogen (secondary N) is 3. The van der Waals surface area contributed by atoms with Crippen LogP contribution in [0.3, 0.4) is 0 Å². The van der Waals surface area contributed by atoms with E-state index in [1.165, 1.54) is 12.3 Å². The van der Waals surface area contributed by atoms with Gasteiger partial charge in [0.25, 0.3) is 0 Å². The summed E-state index contributed by atoms with van der Waals surface area (Å²) in [5.41, 5.74) is 4.76. The molecule has 1 heterocycles. The van der Waals surface area contributed by atoms with Gasteiger partial charge in [0.15, 0.2) is 0 Å². The fraction of sp³-hybridized carbons (Fsp3) is 0.667. The number of aliphatic carboxylic acids is 1. The van der Waals surface area contributed by atoms with Crippen LogP contribution in [-0.4, -0.2) is 70.6 Å². The molecule has 0 unspecified atom stereocenters. The summed E-state index contributed by atoms with van der Waals surface area (Å²) in [5, 5.41) is 14.8. The van der Waals surface area contributed by atoms with Gasteiger partial charge in [-0.3, -0.25) is 4.79 Å². The summed E-state index contributed by atoms with van der Waals surface area (Å²) in [6.45, 7) is 4.48. The summed E-state index contributed by atoms with van der Waals surface area (Å²) in [6, 6.07) is -0.175. The minimum absolute atomic E-state index is 0.0255. The number of hydrogen-bond acceptors (Lipinski definition) is 7. The number of carboxylic acids is 1. The van der Waals surface area contributed by atoms with Gasteiger partial charge in [-0.25, -0.2) is 23.4 Å². The third-order valence-corrected chi connectivity index (χ3v) is 5.62. The maximum atomic E-state index is 13.6. The molecule has 0 aromatic carbocycles. The van der Waals surface area contributed by atoms with Crippen molar-refractivity contribution < 1.29 is 59.4 Å². The number of amides is 2. The lowest BCUT2D eigenvalue weighted by molar-refractivity contribution is -0.192. The lowest BCUT2D eigenvalue weighted by Crippen LogP contribution is -2.51. The van der Waals surface area contributed by atoms with E-state index in [9.17, 15) is 44.7 Å². The Kier molecular flexibility index (Phi) is 12.9. The Hall–Kier alpha value is -3.28. The van der Waals surface area contributed by atoms with Gasteiger partial charge in [-0.2, -0.15) is 26.3 Å². The molecule has 0 saturated heterocycles. The molecule has 240 valence electrons. The maximum absolute atomic E-state index is 13.6. The Morgan fingerprint density at radius 3 is 2.14 bits per heavy atom. The number of rotatable bonds is 8. The molecule has 1 aromatic rings. The lowest BCUT2D eigenvalue weighted by atomic mass is 9.81. The SMILES string of the molecule is CC(C)(C)OC(=O)N[C@H](C(=O)Nc1cc(CNC[C@H](N)C(F)(F)F)ccn1)C1CCC(F)(F)CC1.O=C(O)C(F)(F)F. The minimum atomic E-state index is -5.08. The first-order valence-corrected chi connectivity index (χ1v) is 12.5. The first-order valence-electron chi connectivity index (χ1n) is 12.5. The minimum Gasteiger partial charge on any atom is -0.475 e. The molecule has 1 saturated carbocycles. The number of hydrogen-bond donors (Lipinski definition) is 5. The van der Waals surface area contributed by atoms with Crippen molar-refractivity contribution in [3.8, 4) is 0 Å². The summed E-state index contributed by atoms with van der Waals surface area (Å²) < 4.78 is 102. The van der Waals surface area contributed by atoms with Crippen LogP contribution in [-0.2, 0) is 20.9 Å². The smallest absolute Gasteiger partial charge is 0.475 e. The molecule has 6 N–H and O–H groups in total. The highest BCUT2D eigenvalue weighted by Crippen LogP contribution is 2.37. The number of nitrogens with two attached hydrogens (primary N) is 1. The predicted molar refractivity (Wildman–Crippen MR) is 132 cm³/mol. The van der Waals surface area contributed by atoms with E-state index in [1.807, 2.05) is 0 Å². The van der Waals surface area contributed by atoms with Crippen LogP contribution < -0.4 is 21.7 Å². The first-order chi connectivity index (χ1) is 19.0. The van der Waals surface area contributed by atoms with Crippen LogP contribution in [0.5, 0.6) is 0 Å². The Labute approximate surface area is 235 Å². The normalized spacial score (nSPS) is 17.2. The molecule has 2 rings (SSSR count). The molecular weight excluding hydrogens is 590 g/mol. The molecule has 1 aliphatic rings. The highest BCUT2D eigenvalue weighted by Gasteiger charge is 2.41. The van der Waals surface area contributed by atoms with Gasteiger partial charge in [0.1, 0.15) is 23.5 Å². The zero-order valence-corrected chi connectivity index (χ0v) is 22.8. The van der Waals surface area contributed by atoms with Crippen molar-refractivity contribution in [2.45, 2.75) is 89.0 Å². The summed E-state index contributed by atoms with van der Waals surface area (Å²) >= 11 is 0. The number of pyridine rings is 1. The van der Waals surface area contributed by atoms with Gasteiger partial charge >= 0.3 is 24.4 Å². The number of ether oxygens (including phenoxy) is 1. The Balaban J connectivity index is 0.00000112. The highest BCUT2D eigenvalue weighted by atomic mass is 19.4. The van der Waals surface area contributed by atoms with Gasteiger partial charge in [0.05, 0.1) is 0 Å². The van der Waals surface area contributed by atoms with E-state index < -0.39 is 79.2 Å². The van der Waals surface area contributed by atoms with Gasteiger partial charge in [-0.1, -0.05) is 0 Å². The number of alkyl carbamates (subject to hydrolysis) is 1. The van der Waals surface area contributed by atoms with Crippen molar-refractivity contribution >= 4 is 23.8 Å².